The Morgan fingerprint density at radius 2 is 2.18 bits per heavy atom. The Bertz CT molecular complexity index is 531. The number of rotatable bonds is 3. The number of aryl methyl sites for hydroxylation is 2. The number of benzene rings is 1. The van der Waals surface area contributed by atoms with Crippen LogP contribution < -0.4 is 5.73 Å². The fourth-order valence-corrected chi connectivity index (χ4v) is 1.91. The lowest BCUT2D eigenvalue weighted by molar-refractivity contribution is 0.619. The van der Waals surface area contributed by atoms with Crippen LogP contribution in [0.3, 0.4) is 0 Å². The molecule has 0 saturated carbocycles. The van der Waals surface area contributed by atoms with Crippen molar-refractivity contribution in [1.82, 2.24) is 9.78 Å². The Balaban J connectivity index is 2.47. The molecule has 17 heavy (non-hydrogen) atoms. The van der Waals surface area contributed by atoms with Crippen molar-refractivity contribution in [1.29, 1.82) is 0 Å². The van der Waals surface area contributed by atoms with Gasteiger partial charge in [-0.05, 0) is 36.7 Å². The Labute approximate surface area is 100 Å². The fraction of sp³-hybridized carbons (Fsp3) is 0.308. The number of nitrogens with two attached hydrogens (primary N) is 1. The van der Waals surface area contributed by atoms with Crippen LogP contribution in [0.1, 0.15) is 11.3 Å². The van der Waals surface area contributed by atoms with Crippen molar-refractivity contribution < 1.29 is 4.39 Å². The van der Waals surface area contributed by atoms with E-state index in [4.69, 9.17) is 5.73 Å². The molecule has 0 amide bonds. The summed E-state index contributed by atoms with van der Waals surface area (Å²) >= 11 is 0. The zero-order valence-electron chi connectivity index (χ0n) is 10.1. The van der Waals surface area contributed by atoms with Gasteiger partial charge in [-0.25, -0.2) is 4.39 Å². The lowest BCUT2D eigenvalue weighted by Gasteiger charge is -2.03. The van der Waals surface area contributed by atoms with E-state index >= 15 is 0 Å². The molecule has 0 aliphatic heterocycles. The van der Waals surface area contributed by atoms with Gasteiger partial charge < -0.3 is 5.73 Å². The topological polar surface area (TPSA) is 43.8 Å². The molecular formula is C13H16FN3. The zero-order valence-corrected chi connectivity index (χ0v) is 10.1. The first-order chi connectivity index (χ1) is 8.11. The van der Waals surface area contributed by atoms with Gasteiger partial charge in [0.2, 0.25) is 0 Å². The third-order valence-electron chi connectivity index (χ3n) is 2.76. The molecule has 4 heteroatoms. The summed E-state index contributed by atoms with van der Waals surface area (Å²) in [6.45, 7) is 2.32. The molecule has 0 aliphatic rings. The normalized spacial score (nSPS) is 10.8. The molecule has 0 spiro atoms. The second-order valence-corrected chi connectivity index (χ2v) is 4.17. The first-order valence-electron chi connectivity index (χ1n) is 5.61. The van der Waals surface area contributed by atoms with Gasteiger partial charge >= 0.3 is 0 Å². The van der Waals surface area contributed by atoms with Gasteiger partial charge in [0.05, 0.1) is 5.69 Å². The van der Waals surface area contributed by atoms with Crippen molar-refractivity contribution in [3.8, 4) is 11.1 Å². The average molecular weight is 233 g/mol. The average Bonchev–Trinajstić information content (AvgIpc) is 2.64. The Morgan fingerprint density at radius 3 is 2.82 bits per heavy atom. The lowest BCUT2D eigenvalue weighted by Crippen LogP contribution is -2.04. The maximum absolute atomic E-state index is 13.2. The predicted molar refractivity (Wildman–Crippen MR) is 66.1 cm³/mol. The molecule has 0 aliphatic carbocycles. The number of nitrogens with zero attached hydrogens (tertiary/aromatic N) is 2. The Hall–Kier alpha value is -1.68. The molecule has 0 unspecified atom stereocenters. The Kier molecular flexibility index (Phi) is 3.24. The summed E-state index contributed by atoms with van der Waals surface area (Å²) in [6, 6.07) is 5.11. The van der Waals surface area contributed by atoms with Crippen molar-refractivity contribution in [2.24, 2.45) is 12.8 Å². The van der Waals surface area contributed by atoms with Gasteiger partial charge in [0.15, 0.2) is 0 Å². The SMILES string of the molecule is Cc1cc(-c2cn(C)nc2CCN)ccc1F. The highest BCUT2D eigenvalue weighted by atomic mass is 19.1. The van der Waals surface area contributed by atoms with Gasteiger partial charge in [0.25, 0.3) is 0 Å². The summed E-state index contributed by atoms with van der Waals surface area (Å²) in [5.41, 5.74) is 9.18. The van der Waals surface area contributed by atoms with Crippen molar-refractivity contribution in [3.63, 3.8) is 0 Å². The number of aromatic nitrogens is 2. The van der Waals surface area contributed by atoms with Gasteiger partial charge in [-0.2, -0.15) is 5.10 Å². The number of halogens is 1. The minimum absolute atomic E-state index is 0.182. The maximum Gasteiger partial charge on any atom is 0.126 e. The minimum Gasteiger partial charge on any atom is -0.330 e. The van der Waals surface area contributed by atoms with Gasteiger partial charge in [0, 0.05) is 25.2 Å². The zero-order chi connectivity index (χ0) is 12.4. The van der Waals surface area contributed by atoms with Gasteiger partial charge in [-0.3, -0.25) is 4.68 Å². The summed E-state index contributed by atoms with van der Waals surface area (Å²) < 4.78 is 15.0. The molecule has 3 nitrogen and oxygen atoms in total. The molecule has 2 N–H and O–H groups in total. The van der Waals surface area contributed by atoms with Crippen molar-refractivity contribution in [3.05, 3.63) is 41.5 Å². The third-order valence-corrected chi connectivity index (χ3v) is 2.76. The predicted octanol–water partition coefficient (Wildman–Crippen LogP) is 2.04. The molecule has 2 aromatic rings. The molecule has 0 atom stereocenters. The Morgan fingerprint density at radius 1 is 1.41 bits per heavy atom. The molecular weight excluding hydrogens is 217 g/mol. The van der Waals surface area contributed by atoms with Crippen LogP contribution in [-0.4, -0.2) is 16.3 Å². The van der Waals surface area contributed by atoms with Crippen LogP contribution in [0.15, 0.2) is 24.4 Å². The van der Waals surface area contributed by atoms with Crippen LogP contribution in [0.25, 0.3) is 11.1 Å². The molecule has 0 fully saturated rings. The second kappa shape index (κ2) is 4.67. The van der Waals surface area contributed by atoms with E-state index < -0.39 is 0 Å². The molecule has 0 bridgehead atoms. The van der Waals surface area contributed by atoms with Crippen LogP contribution in [0.4, 0.5) is 4.39 Å². The minimum atomic E-state index is -0.182. The van der Waals surface area contributed by atoms with Gasteiger partial charge in [-0.1, -0.05) is 6.07 Å². The molecule has 1 aromatic carbocycles. The highest BCUT2D eigenvalue weighted by Gasteiger charge is 2.10. The summed E-state index contributed by atoms with van der Waals surface area (Å²) in [4.78, 5) is 0. The van der Waals surface area contributed by atoms with Gasteiger partial charge in [0.1, 0.15) is 5.82 Å². The van der Waals surface area contributed by atoms with E-state index in [1.54, 1.807) is 17.7 Å². The molecule has 90 valence electrons. The van der Waals surface area contributed by atoms with Crippen LogP contribution in [-0.2, 0) is 13.5 Å². The maximum atomic E-state index is 13.2. The molecule has 0 radical (unpaired) electrons. The second-order valence-electron chi connectivity index (χ2n) is 4.17. The summed E-state index contributed by atoms with van der Waals surface area (Å²) in [7, 11) is 1.87. The van der Waals surface area contributed by atoms with Crippen molar-refractivity contribution >= 4 is 0 Å². The van der Waals surface area contributed by atoms with E-state index in [1.165, 1.54) is 6.07 Å². The first-order valence-corrected chi connectivity index (χ1v) is 5.61. The van der Waals surface area contributed by atoms with Crippen molar-refractivity contribution in [2.45, 2.75) is 13.3 Å². The summed E-state index contributed by atoms with van der Waals surface area (Å²) in [5, 5.41) is 4.37. The monoisotopic (exact) mass is 233 g/mol. The van der Waals surface area contributed by atoms with Crippen molar-refractivity contribution in [2.75, 3.05) is 6.54 Å². The number of hydrogen-bond acceptors (Lipinski definition) is 2. The van der Waals surface area contributed by atoms with Gasteiger partial charge in [-0.15, -0.1) is 0 Å². The summed E-state index contributed by atoms with van der Waals surface area (Å²) in [5.74, 6) is -0.182. The van der Waals surface area contributed by atoms with Crippen LogP contribution in [0, 0.1) is 12.7 Å². The molecule has 0 saturated heterocycles. The highest BCUT2D eigenvalue weighted by molar-refractivity contribution is 5.66. The van der Waals surface area contributed by atoms with E-state index in [-0.39, 0.29) is 5.82 Å². The van der Waals surface area contributed by atoms with Crippen LogP contribution in [0.2, 0.25) is 0 Å². The quantitative estimate of drug-likeness (QED) is 0.881. The molecule has 1 aromatic heterocycles. The van der Waals surface area contributed by atoms with E-state index in [0.29, 0.717) is 12.1 Å². The summed E-state index contributed by atoms with van der Waals surface area (Å²) in [6.07, 6.45) is 2.67. The molecule has 1 heterocycles. The fourth-order valence-electron chi connectivity index (χ4n) is 1.91. The lowest BCUT2D eigenvalue weighted by atomic mass is 10.0. The van der Waals surface area contributed by atoms with E-state index in [1.807, 2.05) is 19.3 Å². The smallest absolute Gasteiger partial charge is 0.126 e. The first kappa shape index (κ1) is 11.8. The number of hydrogen-bond donors (Lipinski definition) is 1. The standard InChI is InChI=1S/C13H16FN3/c1-9-7-10(3-4-12(9)14)11-8-17(2)16-13(11)5-6-15/h3-4,7-8H,5-6,15H2,1-2H3. The largest absolute Gasteiger partial charge is 0.330 e. The van der Waals surface area contributed by atoms with Crippen LogP contribution >= 0.6 is 0 Å². The van der Waals surface area contributed by atoms with E-state index in [2.05, 4.69) is 5.10 Å². The van der Waals surface area contributed by atoms with E-state index in [0.717, 1.165) is 23.2 Å². The highest BCUT2D eigenvalue weighted by Crippen LogP contribution is 2.24. The molecule has 2 rings (SSSR count). The third kappa shape index (κ3) is 2.36. The van der Waals surface area contributed by atoms with E-state index in [9.17, 15) is 4.39 Å². The van der Waals surface area contributed by atoms with Crippen LogP contribution in [0.5, 0.6) is 0 Å².